The number of nitrogens with one attached hydrogen (secondary N) is 1. The van der Waals surface area contributed by atoms with E-state index in [1.807, 2.05) is 11.3 Å². The minimum atomic E-state index is 1.05. The number of nitrogens with zero attached hydrogens (tertiary/aromatic N) is 1. The molecule has 0 radical (unpaired) electrons. The Kier molecular flexibility index (Phi) is 6.48. The van der Waals surface area contributed by atoms with Gasteiger partial charge in [0.1, 0.15) is 0 Å². The third kappa shape index (κ3) is 5.66. The van der Waals surface area contributed by atoms with Gasteiger partial charge in [-0.3, -0.25) is 0 Å². The Balaban J connectivity index is 2.15. The fourth-order valence-corrected chi connectivity index (χ4v) is 2.92. The van der Waals surface area contributed by atoms with Crippen LogP contribution in [0.5, 0.6) is 0 Å². The van der Waals surface area contributed by atoms with Crippen LogP contribution in [0.15, 0.2) is 15.9 Å². The molecule has 0 spiro atoms. The van der Waals surface area contributed by atoms with E-state index in [1.54, 1.807) is 0 Å². The number of hydrogen-bond donors (Lipinski definition) is 1. The molecular weight excluding hydrogens is 272 g/mol. The Labute approximate surface area is 105 Å². The molecule has 0 saturated carbocycles. The number of thiophene rings is 1. The van der Waals surface area contributed by atoms with Gasteiger partial charge in [0.15, 0.2) is 0 Å². The van der Waals surface area contributed by atoms with E-state index < -0.39 is 0 Å². The summed E-state index contributed by atoms with van der Waals surface area (Å²) in [4.78, 5) is 3.76. The minimum Gasteiger partial charge on any atom is -0.315 e. The SMILES string of the molecule is CCCNCCN(C)Cc1ccc(Br)s1. The van der Waals surface area contributed by atoms with Crippen molar-refractivity contribution in [1.82, 2.24) is 10.2 Å². The summed E-state index contributed by atoms with van der Waals surface area (Å²) in [7, 11) is 2.17. The molecule has 1 rings (SSSR count). The van der Waals surface area contributed by atoms with Crippen LogP contribution in [0.1, 0.15) is 18.2 Å². The molecule has 0 aliphatic heterocycles. The van der Waals surface area contributed by atoms with Gasteiger partial charge in [0, 0.05) is 24.5 Å². The van der Waals surface area contributed by atoms with Crippen LogP contribution < -0.4 is 5.32 Å². The summed E-state index contributed by atoms with van der Waals surface area (Å²) in [5, 5.41) is 3.41. The smallest absolute Gasteiger partial charge is 0.0701 e. The second-order valence-corrected chi connectivity index (χ2v) is 6.24. The van der Waals surface area contributed by atoms with E-state index in [-0.39, 0.29) is 0 Å². The highest BCUT2D eigenvalue weighted by atomic mass is 79.9. The summed E-state index contributed by atoms with van der Waals surface area (Å²) in [6.07, 6.45) is 1.21. The van der Waals surface area contributed by atoms with Gasteiger partial charge in [-0.25, -0.2) is 0 Å². The first-order valence-corrected chi connectivity index (χ1v) is 6.96. The van der Waals surface area contributed by atoms with E-state index in [1.165, 1.54) is 15.1 Å². The van der Waals surface area contributed by atoms with E-state index in [0.29, 0.717) is 0 Å². The molecule has 0 aliphatic carbocycles. The molecule has 0 bridgehead atoms. The quantitative estimate of drug-likeness (QED) is 0.777. The van der Waals surface area contributed by atoms with Crippen LogP contribution in [-0.4, -0.2) is 31.6 Å². The van der Waals surface area contributed by atoms with Crippen molar-refractivity contribution in [2.75, 3.05) is 26.7 Å². The highest BCUT2D eigenvalue weighted by molar-refractivity contribution is 9.11. The minimum absolute atomic E-state index is 1.05. The van der Waals surface area contributed by atoms with E-state index in [4.69, 9.17) is 0 Å². The van der Waals surface area contributed by atoms with Gasteiger partial charge in [-0.05, 0) is 48.1 Å². The van der Waals surface area contributed by atoms with Crippen molar-refractivity contribution < 1.29 is 0 Å². The Morgan fingerprint density at radius 3 is 2.80 bits per heavy atom. The zero-order valence-corrected chi connectivity index (χ0v) is 11.8. The second-order valence-electron chi connectivity index (χ2n) is 3.69. The molecular formula is C11H19BrN2S. The first-order valence-electron chi connectivity index (χ1n) is 5.36. The van der Waals surface area contributed by atoms with Gasteiger partial charge in [0.2, 0.25) is 0 Å². The molecule has 86 valence electrons. The fourth-order valence-electron chi connectivity index (χ4n) is 1.35. The number of likely N-dealkylation sites (N-methyl/N-ethyl adjacent to an activating group) is 1. The first kappa shape index (κ1) is 13.2. The largest absolute Gasteiger partial charge is 0.315 e. The number of hydrogen-bond acceptors (Lipinski definition) is 3. The van der Waals surface area contributed by atoms with Crippen LogP contribution in [0.25, 0.3) is 0 Å². The van der Waals surface area contributed by atoms with Gasteiger partial charge < -0.3 is 10.2 Å². The number of rotatable bonds is 7. The van der Waals surface area contributed by atoms with Crippen molar-refractivity contribution >= 4 is 27.3 Å². The fraction of sp³-hybridized carbons (Fsp3) is 0.636. The molecule has 0 aromatic carbocycles. The van der Waals surface area contributed by atoms with Gasteiger partial charge in [0.25, 0.3) is 0 Å². The molecule has 2 nitrogen and oxygen atoms in total. The predicted molar refractivity (Wildman–Crippen MR) is 71.5 cm³/mol. The second kappa shape index (κ2) is 7.39. The van der Waals surface area contributed by atoms with Gasteiger partial charge in [-0.2, -0.15) is 0 Å². The van der Waals surface area contributed by atoms with Crippen LogP contribution >= 0.6 is 27.3 Å². The highest BCUT2D eigenvalue weighted by Crippen LogP contribution is 2.22. The molecule has 1 heterocycles. The van der Waals surface area contributed by atoms with E-state index in [0.717, 1.165) is 26.2 Å². The Morgan fingerprint density at radius 1 is 1.40 bits per heavy atom. The van der Waals surface area contributed by atoms with Gasteiger partial charge in [-0.15, -0.1) is 11.3 Å². The van der Waals surface area contributed by atoms with E-state index >= 15 is 0 Å². The maximum atomic E-state index is 3.48. The summed E-state index contributed by atoms with van der Waals surface area (Å²) in [6.45, 7) is 6.55. The maximum Gasteiger partial charge on any atom is 0.0701 e. The maximum absolute atomic E-state index is 3.48. The third-order valence-corrected chi connectivity index (χ3v) is 3.76. The van der Waals surface area contributed by atoms with Crippen LogP contribution in [0.4, 0.5) is 0 Å². The molecule has 0 saturated heterocycles. The monoisotopic (exact) mass is 290 g/mol. The van der Waals surface area contributed by atoms with Crippen molar-refractivity contribution in [2.24, 2.45) is 0 Å². The zero-order chi connectivity index (χ0) is 11.1. The average Bonchev–Trinajstić information content (AvgIpc) is 2.59. The van der Waals surface area contributed by atoms with Crippen molar-refractivity contribution in [2.45, 2.75) is 19.9 Å². The summed E-state index contributed by atoms with van der Waals surface area (Å²) < 4.78 is 1.22. The van der Waals surface area contributed by atoms with Gasteiger partial charge in [0.05, 0.1) is 3.79 Å². The van der Waals surface area contributed by atoms with Gasteiger partial charge in [-0.1, -0.05) is 6.92 Å². The molecule has 0 aliphatic rings. The van der Waals surface area contributed by atoms with E-state index in [2.05, 4.69) is 52.3 Å². The standard InChI is InChI=1S/C11H19BrN2S/c1-3-6-13-7-8-14(2)9-10-4-5-11(12)15-10/h4-5,13H,3,6-9H2,1-2H3. The van der Waals surface area contributed by atoms with Crippen molar-refractivity contribution in [3.63, 3.8) is 0 Å². The number of halogens is 1. The lowest BCUT2D eigenvalue weighted by atomic mass is 10.4. The molecule has 1 N–H and O–H groups in total. The Bertz CT molecular complexity index is 275. The zero-order valence-electron chi connectivity index (χ0n) is 9.42. The van der Waals surface area contributed by atoms with Crippen LogP contribution in [0, 0.1) is 0 Å². The molecule has 1 aromatic rings. The summed E-state index contributed by atoms with van der Waals surface area (Å²) in [5.41, 5.74) is 0. The summed E-state index contributed by atoms with van der Waals surface area (Å²) >= 11 is 5.30. The lowest BCUT2D eigenvalue weighted by molar-refractivity contribution is 0.327. The predicted octanol–water partition coefficient (Wildman–Crippen LogP) is 2.94. The summed E-state index contributed by atoms with van der Waals surface area (Å²) in [6, 6.07) is 4.30. The molecule has 1 aromatic heterocycles. The van der Waals surface area contributed by atoms with Gasteiger partial charge >= 0.3 is 0 Å². The van der Waals surface area contributed by atoms with Crippen LogP contribution in [0.2, 0.25) is 0 Å². The molecule has 0 unspecified atom stereocenters. The molecule has 0 atom stereocenters. The Morgan fingerprint density at radius 2 is 2.20 bits per heavy atom. The topological polar surface area (TPSA) is 15.3 Å². The lowest BCUT2D eigenvalue weighted by Crippen LogP contribution is -2.29. The van der Waals surface area contributed by atoms with Crippen molar-refractivity contribution in [3.8, 4) is 0 Å². The lowest BCUT2D eigenvalue weighted by Gasteiger charge is -2.15. The summed E-state index contributed by atoms with van der Waals surface area (Å²) in [5.74, 6) is 0. The third-order valence-electron chi connectivity index (χ3n) is 2.15. The average molecular weight is 291 g/mol. The van der Waals surface area contributed by atoms with Crippen molar-refractivity contribution in [1.29, 1.82) is 0 Å². The van der Waals surface area contributed by atoms with Crippen molar-refractivity contribution in [3.05, 3.63) is 20.8 Å². The van der Waals surface area contributed by atoms with Crippen LogP contribution in [-0.2, 0) is 6.54 Å². The molecule has 4 heteroatoms. The normalized spacial score (nSPS) is 11.2. The highest BCUT2D eigenvalue weighted by Gasteiger charge is 2.02. The first-order chi connectivity index (χ1) is 7.22. The molecule has 0 fully saturated rings. The van der Waals surface area contributed by atoms with Crippen LogP contribution in [0.3, 0.4) is 0 Å². The molecule has 0 amide bonds. The van der Waals surface area contributed by atoms with E-state index in [9.17, 15) is 0 Å². The Hall–Kier alpha value is 0.1000. The molecule has 15 heavy (non-hydrogen) atoms.